The number of sulfonamides is 1. The second-order valence-corrected chi connectivity index (χ2v) is 8.90. The van der Waals surface area contributed by atoms with E-state index < -0.39 is 45.6 Å². The summed E-state index contributed by atoms with van der Waals surface area (Å²) < 4.78 is 69.1. The molecule has 1 aromatic heterocycles. The maximum absolute atomic E-state index is 12.9. The quantitative estimate of drug-likeness (QED) is 0.787. The standard InChI is InChI=1S/C13H15F3N2O5S2/c14-13(15,16)9-6-18(3-4-23-9)25(21,22)12-10(11(19)20)7-1-2-17-5-8(7)24-12/h9,17H,1-6H2,(H,19,20). The maximum atomic E-state index is 12.9. The lowest BCUT2D eigenvalue weighted by Crippen LogP contribution is -2.51. The first kappa shape index (κ1) is 18.6. The largest absolute Gasteiger partial charge is 0.478 e. The van der Waals surface area contributed by atoms with Crippen LogP contribution in [0.15, 0.2) is 4.21 Å². The summed E-state index contributed by atoms with van der Waals surface area (Å²) in [5.74, 6) is -1.39. The Kier molecular flexibility index (Phi) is 4.83. The number of hydrogen-bond donors (Lipinski definition) is 2. The van der Waals surface area contributed by atoms with Crippen molar-refractivity contribution in [1.29, 1.82) is 0 Å². The van der Waals surface area contributed by atoms with Crippen LogP contribution in [0.25, 0.3) is 0 Å². The summed E-state index contributed by atoms with van der Waals surface area (Å²) >= 11 is 0.805. The van der Waals surface area contributed by atoms with Gasteiger partial charge >= 0.3 is 12.1 Å². The van der Waals surface area contributed by atoms with Gasteiger partial charge in [-0.2, -0.15) is 17.5 Å². The molecule has 0 saturated carbocycles. The SMILES string of the molecule is O=C(O)c1c(S(=O)(=O)N2CCOC(C(F)(F)F)C2)sc2c1CCNC2. The van der Waals surface area contributed by atoms with Crippen LogP contribution in [0.3, 0.4) is 0 Å². The molecule has 12 heteroatoms. The first-order valence-corrected chi connectivity index (χ1v) is 9.65. The van der Waals surface area contributed by atoms with E-state index >= 15 is 0 Å². The van der Waals surface area contributed by atoms with Gasteiger partial charge in [-0.3, -0.25) is 0 Å². The Labute approximate surface area is 145 Å². The van der Waals surface area contributed by atoms with E-state index in [1.165, 1.54) is 0 Å². The predicted molar refractivity (Wildman–Crippen MR) is 81.2 cm³/mol. The van der Waals surface area contributed by atoms with Gasteiger partial charge in [-0.25, -0.2) is 13.2 Å². The number of nitrogens with one attached hydrogen (secondary N) is 1. The summed E-state index contributed by atoms with van der Waals surface area (Å²) in [4.78, 5) is 12.2. The van der Waals surface area contributed by atoms with Crippen molar-refractivity contribution in [2.45, 2.75) is 29.5 Å². The second kappa shape index (κ2) is 6.50. The van der Waals surface area contributed by atoms with Gasteiger partial charge in [0.25, 0.3) is 10.0 Å². The summed E-state index contributed by atoms with van der Waals surface area (Å²) in [7, 11) is -4.36. The number of carbonyl (C=O) groups is 1. The summed E-state index contributed by atoms with van der Waals surface area (Å²) in [5.41, 5.74) is 0.118. The average molecular weight is 400 g/mol. The number of nitrogens with zero attached hydrogens (tertiary/aromatic N) is 1. The highest BCUT2D eigenvalue weighted by Crippen LogP contribution is 2.37. The van der Waals surface area contributed by atoms with Gasteiger partial charge in [0.05, 0.1) is 12.2 Å². The van der Waals surface area contributed by atoms with Crippen molar-refractivity contribution in [2.24, 2.45) is 0 Å². The lowest BCUT2D eigenvalue weighted by atomic mass is 10.1. The number of morpholine rings is 1. The van der Waals surface area contributed by atoms with Gasteiger partial charge in [-0.1, -0.05) is 0 Å². The third-order valence-corrected chi connectivity index (χ3v) is 7.67. The van der Waals surface area contributed by atoms with E-state index in [2.05, 4.69) is 10.1 Å². The molecule has 2 aliphatic rings. The highest BCUT2D eigenvalue weighted by molar-refractivity contribution is 7.91. The number of thiophene rings is 1. The molecule has 1 aromatic rings. The molecule has 7 nitrogen and oxygen atoms in total. The monoisotopic (exact) mass is 400 g/mol. The number of fused-ring (bicyclic) bond motifs is 1. The highest BCUT2D eigenvalue weighted by atomic mass is 32.2. The lowest BCUT2D eigenvalue weighted by Gasteiger charge is -2.32. The minimum absolute atomic E-state index is 0.255. The minimum Gasteiger partial charge on any atom is -0.478 e. The summed E-state index contributed by atoms with van der Waals surface area (Å²) in [5, 5.41) is 12.5. The van der Waals surface area contributed by atoms with Gasteiger partial charge in [-0.15, -0.1) is 11.3 Å². The minimum atomic E-state index is -4.69. The molecule has 3 rings (SSSR count). The second-order valence-electron chi connectivity index (χ2n) is 5.66. The van der Waals surface area contributed by atoms with Gasteiger partial charge in [0.2, 0.25) is 0 Å². The number of halogens is 3. The van der Waals surface area contributed by atoms with E-state index in [4.69, 9.17) is 0 Å². The molecule has 0 bridgehead atoms. The Morgan fingerprint density at radius 3 is 2.76 bits per heavy atom. The van der Waals surface area contributed by atoms with Gasteiger partial charge < -0.3 is 15.2 Å². The number of alkyl halides is 3. The van der Waals surface area contributed by atoms with Crippen molar-refractivity contribution in [3.8, 4) is 0 Å². The van der Waals surface area contributed by atoms with Gasteiger partial charge in [0.15, 0.2) is 6.10 Å². The van der Waals surface area contributed by atoms with Crippen LogP contribution >= 0.6 is 11.3 Å². The molecule has 2 aliphatic heterocycles. The summed E-state index contributed by atoms with van der Waals surface area (Å²) in [6.07, 6.45) is -6.56. The molecule has 3 heterocycles. The first-order chi connectivity index (χ1) is 11.6. The van der Waals surface area contributed by atoms with Crippen molar-refractivity contribution in [1.82, 2.24) is 9.62 Å². The number of carboxylic acids is 1. The Morgan fingerprint density at radius 2 is 2.12 bits per heavy atom. The van der Waals surface area contributed by atoms with Crippen LogP contribution in [0.5, 0.6) is 0 Å². The van der Waals surface area contributed by atoms with Gasteiger partial charge in [0, 0.05) is 24.5 Å². The van der Waals surface area contributed by atoms with Crippen LogP contribution < -0.4 is 5.32 Å². The zero-order chi connectivity index (χ0) is 18.4. The summed E-state index contributed by atoms with van der Waals surface area (Å²) in [6.45, 7) is -0.694. The third-order valence-electron chi connectivity index (χ3n) is 4.08. The number of ether oxygens (including phenoxy) is 1. The van der Waals surface area contributed by atoms with Crippen LogP contribution in [-0.2, 0) is 27.7 Å². The Morgan fingerprint density at radius 1 is 1.40 bits per heavy atom. The highest BCUT2D eigenvalue weighted by Gasteiger charge is 2.47. The van der Waals surface area contributed by atoms with Crippen molar-refractivity contribution in [3.63, 3.8) is 0 Å². The lowest BCUT2D eigenvalue weighted by molar-refractivity contribution is -0.231. The fourth-order valence-corrected chi connectivity index (χ4v) is 6.29. The topological polar surface area (TPSA) is 95.9 Å². The predicted octanol–water partition coefficient (Wildman–Crippen LogP) is 1.04. The van der Waals surface area contributed by atoms with E-state index in [0.29, 0.717) is 34.3 Å². The first-order valence-electron chi connectivity index (χ1n) is 7.39. The van der Waals surface area contributed by atoms with Crippen LogP contribution in [0.2, 0.25) is 0 Å². The van der Waals surface area contributed by atoms with E-state index in [1.54, 1.807) is 0 Å². The molecule has 1 fully saturated rings. The van der Waals surface area contributed by atoms with E-state index in [1.807, 2.05) is 0 Å². The number of carboxylic acid groups (broad SMARTS) is 1. The molecule has 1 atom stereocenters. The maximum Gasteiger partial charge on any atom is 0.415 e. The van der Waals surface area contributed by atoms with Crippen LogP contribution in [-0.4, -0.2) is 62.3 Å². The molecule has 1 saturated heterocycles. The van der Waals surface area contributed by atoms with Crippen LogP contribution in [0.1, 0.15) is 20.8 Å². The van der Waals surface area contributed by atoms with E-state index in [0.717, 1.165) is 11.3 Å². The molecule has 1 unspecified atom stereocenters. The Hall–Kier alpha value is -1.21. The smallest absolute Gasteiger partial charge is 0.415 e. The Balaban J connectivity index is 2.00. The van der Waals surface area contributed by atoms with Crippen LogP contribution in [0, 0.1) is 0 Å². The molecule has 0 amide bonds. The normalized spacial score (nSPS) is 22.6. The molecule has 0 aliphatic carbocycles. The molecule has 2 N–H and O–H groups in total. The fraction of sp³-hybridized carbons (Fsp3) is 0.615. The zero-order valence-electron chi connectivity index (χ0n) is 12.8. The Bertz CT molecular complexity index is 790. The summed E-state index contributed by atoms with van der Waals surface area (Å²) in [6, 6.07) is 0. The number of hydrogen-bond acceptors (Lipinski definition) is 6. The van der Waals surface area contributed by atoms with Crippen molar-refractivity contribution >= 4 is 27.3 Å². The molecule has 0 aromatic carbocycles. The molecular weight excluding hydrogens is 385 g/mol. The van der Waals surface area contributed by atoms with Crippen molar-refractivity contribution in [3.05, 3.63) is 16.0 Å². The molecule has 25 heavy (non-hydrogen) atoms. The van der Waals surface area contributed by atoms with Crippen molar-refractivity contribution < 1.29 is 36.2 Å². The van der Waals surface area contributed by atoms with E-state index in [9.17, 15) is 31.5 Å². The van der Waals surface area contributed by atoms with E-state index in [-0.39, 0.29) is 12.1 Å². The number of rotatable bonds is 3. The fourth-order valence-electron chi connectivity index (χ4n) is 2.87. The molecule has 140 valence electrons. The van der Waals surface area contributed by atoms with Gasteiger partial charge in [0.1, 0.15) is 4.21 Å². The molecular formula is C13H15F3N2O5S2. The molecule has 0 radical (unpaired) electrons. The molecule has 0 spiro atoms. The average Bonchev–Trinajstić information content (AvgIpc) is 2.94. The van der Waals surface area contributed by atoms with Gasteiger partial charge in [-0.05, 0) is 18.5 Å². The van der Waals surface area contributed by atoms with Crippen molar-refractivity contribution in [2.75, 3.05) is 26.2 Å². The third kappa shape index (κ3) is 3.40. The zero-order valence-corrected chi connectivity index (χ0v) is 14.4. The van der Waals surface area contributed by atoms with Crippen LogP contribution in [0.4, 0.5) is 13.2 Å². The number of aromatic carboxylic acids is 1.